The summed E-state index contributed by atoms with van der Waals surface area (Å²) in [5.41, 5.74) is 0. The molecule has 0 radical (unpaired) electrons. The van der Waals surface area contributed by atoms with E-state index in [2.05, 4.69) is 25.7 Å². The number of hydrogen-bond donors (Lipinski definition) is 0. The van der Waals surface area contributed by atoms with E-state index in [1.54, 1.807) is 0 Å². The van der Waals surface area contributed by atoms with E-state index in [4.69, 9.17) is 14.2 Å². The first-order valence-corrected chi connectivity index (χ1v) is 9.30. The first-order valence-electron chi connectivity index (χ1n) is 9.30. The average molecular weight is 318 g/mol. The third kappa shape index (κ3) is 16.2. The predicted octanol–water partition coefficient (Wildman–Crippen LogP) is 3.74. The molecule has 0 aliphatic heterocycles. The van der Waals surface area contributed by atoms with Gasteiger partial charge in [0.2, 0.25) is 0 Å². The van der Waals surface area contributed by atoms with Gasteiger partial charge in [0.15, 0.2) is 0 Å². The van der Waals surface area contributed by atoms with Crippen molar-refractivity contribution >= 4 is 0 Å². The lowest BCUT2D eigenvalue weighted by Gasteiger charge is -2.22. The maximum absolute atomic E-state index is 5.72. The van der Waals surface area contributed by atoms with Gasteiger partial charge in [-0.1, -0.05) is 40.0 Å². The Morgan fingerprint density at radius 1 is 0.500 bits per heavy atom. The van der Waals surface area contributed by atoms with Crippen LogP contribution in [0, 0.1) is 0 Å². The van der Waals surface area contributed by atoms with Crippen molar-refractivity contribution in [2.24, 2.45) is 0 Å². The molecule has 0 amide bonds. The number of hydrogen-bond acceptors (Lipinski definition) is 4. The Bertz CT molecular complexity index is 203. The number of unbranched alkanes of at least 4 members (excludes halogenated alkanes) is 3. The van der Waals surface area contributed by atoms with Crippen LogP contribution >= 0.6 is 0 Å². The zero-order chi connectivity index (χ0) is 16.3. The third-order valence-electron chi connectivity index (χ3n) is 3.54. The lowest BCUT2D eigenvalue weighted by Crippen LogP contribution is -2.34. The Morgan fingerprint density at radius 3 is 1.50 bits per heavy atom. The van der Waals surface area contributed by atoms with Gasteiger partial charge in [-0.3, -0.25) is 4.90 Å². The van der Waals surface area contributed by atoms with Crippen molar-refractivity contribution in [2.45, 2.75) is 59.3 Å². The fourth-order valence-electron chi connectivity index (χ4n) is 2.07. The first-order chi connectivity index (χ1) is 10.8. The maximum Gasteiger partial charge on any atom is 0.0593 e. The van der Waals surface area contributed by atoms with Crippen LogP contribution in [0.1, 0.15) is 59.3 Å². The van der Waals surface area contributed by atoms with Gasteiger partial charge in [0, 0.05) is 39.5 Å². The van der Waals surface area contributed by atoms with E-state index in [1.165, 1.54) is 25.7 Å². The fraction of sp³-hybridized carbons (Fsp3) is 1.00. The smallest absolute Gasteiger partial charge is 0.0593 e. The van der Waals surface area contributed by atoms with Gasteiger partial charge in [0.1, 0.15) is 0 Å². The molecule has 0 fully saturated rings. The van der Waals surface area contributed by atoms with E-state index in [0.717, 1.165) is 72.1 Å². The largest absolute Gasteiger partial charge is 0.380 e. The number of rotatable bonds is 18. The van der Waals surface area contributed by atoms with Crippen LogP contribution in [0.15, 0.2) is 0 Å². The van der Waals surface area contributed by atoms with Crippen molar-refractivity contribution in [3.63, 3.8) is 0 Å². The van der Waals surface area contributed by atoms with Crippen molar-refractivity contribution in [2.75, 3.05) is 59.3 Å². The summed E-state index contributed by atoms with van der Waals surface area (Å²) in [6, 6.07) is 0. The SMILES string of the molecule is CCCCCOCCN(CCOCCC)CCOCCCC. The molecule has 0 saturated heterocycles. The van der Waals surface area contributed by atoms with Gasteiger partial charge >= 0.3 is 0 Å². The topological polar surface area (TPSA) is 30.9 Å². The molecule has 0 aromatic heterocycles. The van der Waals surface area contributed by atoms with E-state index in [0.29, 0.717) is 0 Å². The van der Waals surface area contributed by atoms with Crippen LogP contribution in [0.5, 0.6) is 0 Å². The summed E-state index contributed by atoms with van der Waals surface area (Å²) in [6.07, 6.45) is 7.12. The lowest BCUT2D eigenvalue weighted by molar-refractivity contribution is 0.0517. The van der Waals surface area contributed by atoms with Crippen molar-refractivity contribution in [1.82, 2.24) is 4.90 Å². The zero-order valence-electron chi connectivity index (χ0n) is 15.3. The molecule has 0 bridgehead atoms. The molecule has 0 saturated carbocycles. The van der Waals surface area contributed by atoms with Gasteiger partial charge in [-0.15, -0.1) is 0 Å². The van der Waals surface area contributed by atoms with E-state index >= 15 is 0 Å². The Kier molecular flexibility index (Phi) is 18.8. The van der Waals surface area contributed by atoms with Crippen LogP contribution in [0.2, 0.25) is 0 Å². The molecule has 0 aromatic rings. The number of nitrogens with zero attached hydrogens (tertiary/aromatic N) is 1. The van der Waals surface area contributed by atoms with Crippen LogP contribution in [-0.2, 0) is 14.2 Å². The summed E-state index contributed by atoms with van der Waals surface area (Å²) in [5.74, 6) is 0. The summed E-state index contributed by atoms with van der Waals surface area (Å²) in [4.78, 5) is 2.39. The minimum absolute atomic E-state index is 0.804. The molecule has 0 heterocycles. The normalized spacial score (nSPS) is 11.5. The Balaban J connectivity index is 3.69. The highest BCUT2D eigenvalue weighted by atomic mass is 16.5. The van der Waals surface area contributed by atoms with Crippen molar-refractivity contribution in [1.29, 1.82) is 0 Å². The van der Waals surface area contributed by atoms with Gasteiger partial charge in [-0.05, 0) is 19.3 Å². The molecule has 0 unspecified atom stereocenters. The molecule has 4 heteroatoms. The molecule has 0 atom stereocenters. The molecule has 4 nitrogen and oxygen atoms in total. The van der Waals surface area contributed by atoms with E-state index in [9.17, 15) is 0 Å². The summed E-state index contributed by atoms with van der Waals surface area (Å²) >= 11 is 0. The van der Waals surface area contributed by atoms with Crippen molar-refractivity contribution in [3.05, 3.63) is 0 Å². The first kappa shape index (κ1) is 21.8. The molecule has 22 heavy (non-hydrogen) atoms. The standard InChI is InChI=1S/C18H39NO3/c1-4-7-9-15-22-18-12-19(10-16-20-13-6-3)11-17-21-14-8-5-2/h4-18H2,1-3H3. The lowest BCUT2D eigenvalue weighted by atomic mass is 10.3. The van der Waals surface area contributed by atoms with Gasteiger partial charge in [0.05, 0.1) is 19.8 Å². The second-order valence-electron chi connectivity index (χ2n) is 5.74. The van der Waals surface area contributed by atoms with Crippen LogP contribution in [0.4, 0.5) is 0 Å². The highest BCUT2D eigenvalue weighted by molar-refractivity contribution is 4.57. The molecular weight excluding hydrogens is 278 g/mol. The second kappa shape index (κ2) is 18.9. The van der Waals surface area contributed by atoms with Crippen LogP contribution < -0.4 is 0 Å². The monoisotopic (exact) mass is 317 g/mol. The predicted molar refractivity (Wildman–Crippen MR) is 93.6 cm³/mol. The Morgan fingerprint density at radius 2 is 1.00 bits per heavy atom. The molecule has 0 aliphatic rings. The van der Waals surface area contributed by atoms with Gasteiger partial charge < -0.3 is 14.2 Å². The molecule has 134 valence electrons. The van der Waals surface area contributed by atoms with Crippen molar-refractivity contribution < 1.29 is 14.2 Å². The molecule has 0 aromatic carbocycles. The second-order valence-corrected chi connectivity index (χ2v) is 5.74. The van der Waals surface area contributed by atoms with Gasteiger partial charge in [-0.25, -0.2) is 0 Å². The van der Waals surface area contributed by atoms with Crippen LogP contribution in [0.25, 0.3) is 0 Å². The summed E-state index contributed by atoms with van der Waals surface area (Å²) < 4.78 is 17.0. The quantitative estimate of drug-likeness (QED) is 0.360. The van der Waals surface area contributed by atoms with Crippen LogP contribution in [0.3, 0.4) is 0 Å². The molecule has 0 aliphatic carbocycles. The maximum atomic E-state index is 5.72. The van der Waals surface area contributed by atoms with E-state index in [-0.39, 0.29) is 0 Å². The summed E-state index contributed by atoms with van der Waals surface area (Å²) in [7, 11) is 0. The minimum atomic E-state index is 0.804. The number of ether oxygens (including phenoxy) is 3. The summed E-state index contributed by atoms with van der Waals surface area (Å²) in [6.45, 7) is 14.5. The van der Waals surface area contributed by atoms with Gasteiger partial charge in [0.25, 0.3) is 0 Å². The fourth-order valence-corrected chi connectivity index (χ4v) is 2.07. The molecule has 0 rings (SSSR count). The highest BCUT2D eigenvalue weighted by Gasteiger charge is 2.05. The van der Waals surface area contributed by atoms with E-state index in [1.807, 2.05) is 0 Å². The minimum Gasteiger partial charge on any atom is -0.380 e. The zero-order valence-corrected chi connectivity index (χ0v) is 15.3. The molecular formula is C18H39NO3. The van der Waals surface area contributed by atoms with Gasteiger partial charge in [-0.2, -0.15) is 0 Å². The highest BCUT2D eigenvalue weighted by Crippen LogP contribution is 1.96. The average Bonchev–Trinajstić information content (AvgIpc) is 2.53. The Hall–Kier alpha value is -0.160. The van der Waals surface area contributed by atoms with Crippen molar-refractivity contribution in [3.8, 4) is 0 Å². The van der Waals surface area contributed by atoms with Crippen LogP contribution in [-0.4, -0.2) is 64.2 Å². The van der Waals surface area contributed by atoms with E-state index < -0.39 is 0 Å². The summed E-state index contributed by atoms with van der Waals surface area (Å²) in [5, 5.41) is 0. The third-order valence-corrected chi connectivity index (χ3v) is 3.54. The molecule has 0 N–H and O–H groups in total. The Labute approximate surface area is 138 Å². The molecule has 0 spiro atoms.